The number of nitrogens with one attached hydrogen (secondary N) is 1. The van der Waals surface area contributed by atoms with Crippen LogP contribution >= 0.6 is 0 Å². The molecule has 0 amide bonds. The Hall–Kier alpha value is -4.03. The Morgan fingerprint density at radius 2 is 1.61 bits per heavy atom. The van der Waals surface area contributed by atoms with Crippen molar-refractivity contribution in [2.24, 2.45) is 0 Å². The molecule has 0 bridgehead atoms. The molecular weight excluding hydrogens is 502 g/mol. The number of aryl methyl sites for hydroxylation is 1. The zero-order valence-corrected chi connectivity index (χ0v) is 21.1. The van der Waals surface area contributed by atoms with Crippen LogP contribution in [0.4, 0.5) is 19.0 Å². The second-order valence-electron chi connectivity index (χ2n) is 8.44. The van der Waals surface area contributed by atoms with Gasteiger partial charge in [-0.25, -0.2) is 0 Å². The van der Waals surface area contributed by atoms with E-state index in [1.54, 1.807) is 45.4 Å². The van der Waals surface area contributed by atoms with Crippen LogP contribution in [0.3, 0.4) is 0 Å². The number of ether oxygens (including phenoxy) is 3. The van der Waals surface area contributed by atoms with Crippen LogP contribution in [0.5, 0.6) is 17.2 Å². The zero-order chi connectivity index (χ0) is 27.6. The number of fused-ring (bicyclic) bond motifs is 1. The van der Waals surface area contributed by atoms with Crippen molar-refractivity contribution in [2.45, 2.75) is 19.6 Å². The third-order valence-corrected chi connectivity index (χ3v) is 6.17. The zero-order valence-electron chi connectivity index (χ0n) is 21.1. The van der Waals surface area contributed by atoms with Crippen molar-refractivity contribution in [3.8, 4) is 28.4 Å². The largest absolute Gasteiger partial charge is 0.497 e. The third kappa shape index (κ3) is 5.31. The van der Waals surface area contributed by atoms with E-state index in [4.69, 9.17) is 14.2 Å². The van der Waals surface area contributed by atoms with Gasteiger partial charge in [-0.3, -0.25) is 0 Å². The minimum atomic E-state index is -4.80. The lowest BCUT2D eigenvalue weighted by molar-refractivity contribution is -0.137. The molecule has 38 heavy (non-hydrogen) atoms. The molecule has 1 heterocycles. The van der Waals surface area contributed by atoms with Gasteiger partial charge in [0.15, 0.2) is 5.82 Å². The van der Waals surface area contributed by atoms with Crippen LogP contribution in [0.25, 0.3) is 21.9 Å². The van der Waals surface area contributed by atoms with Crippen molar-refractivity contribution in [3.63, 3.8) is 0 Å². The summed E-state index contributed by atoms with van der Waals surface area (Å²) in [7, 11) is 2.07. The van der Waals surface area contributed by atoms with Gasteiger partial charge in [-0.2, -0.15) is 18.3 Å². The third-order valence-electron chi connectivity index (χ3n) is 6.17. The first-order chi connectivity index (χ1) is 18.1. The number of hydrogen-bond acceptors (Lipinski definition) is 8. The highest BCUT2D eigenvalue weighted by Crippen LogP contribution is 2.38. The van der Waals surface area contributed by atoms with Gasteiger partial charge in [-0.15, -0.1) is 5.10 Å². The summed E-state index contributed by atoms with van der Waals surface area (Å²) in [6.45, 7) is 2.15. The molecule has 198 valence electrons. The summed E-state index contributed by atoms with van der Waals surface area (Å²) in [5.41, 5.74) is 0.376. The van der Waals surface area contributed by atoms with Gasteiger partial charge >= 0.3 is 13.3 Å². The molecule has 0 fully saturated rings. The Balaban J connectivity index is 1.75. The van der Waals surface area contributed by atoms with Gasteiger partial charge < -0.3 is 29.6 Å². The maximum Gasteiger partial charge on any atom is 0.489 e. The molecule has 4 aromatic rings. The Kier molecular flexibility index (Phi) is 7.65. The molecule has 0 spiro atoms. The van der Waals surface area contributed by atoms with Crippen LogP contribution in [-0.2, 0) is 12.7 Å². The quantitative estimate of drug-likeness (QED) is 0.296. The number of benzene rings is 3. The topological polar surface area (TPSA) is 106 Å². The lowest BCUT2D eigenvalue weighted by atomic mass is 9.75. The first-order valence-corrected chi connectivity index (χ1v) is 11.4. The van der Waals surface area contributed by atoms with Gasteiger partial charge in [0.2, 0.25) is 0 Å². The van der Waals surface area contributed by atoms with Crippen molar-refractivity contribution >= 4 is 29.2 Å². The molecule has 0 atom stereocenters. The van der Waals surface area contributed by atoms with Crippen molar-refractivity contribution in [1.82, 2.24) is 10.2 Å². The average molecular weight is 527 g/mol. The normalized spacial score (nSPS) is 11.4. The first kappa shape index (κ1) is 27.0. The monoisotopic (exact) mass is 527 g/mol. The van der Waals surface area contributed by atoms with Crippen LogP contribution in [0, 0.1) is 6.92 Å². The summed E-state index contributed by atoms with van der Waals surface area (Å²) in [4.78, 5) is 0. The van der Waals surface area contributed by atoms with E-state index >= 15 is 0 Å². The number of rotatable bonds is 8. The predicted octanol–water partition coefficient (Wildman–Crippen LogP) is 3.94. The van der Waals surface area contributed by atoms with Crippen LogP contribution in [0.1, 0.15) is 16.8 Å². The van der Waals surface area contributed by atoms with E-state index in [-0.39, 0.29) is 11.3 Å². The maximum absolute atomic E-state index is 13.5. The average Bonchev–Trinajstić information content (AvgIpc) is 2.91. The highest BCUT2D eigenvalue weighted by Gasteiger charge is 2.37. The van der Waals surface area contributed by atoms with E-state index < -0.39 is 24.3 Å². The minimum absolute atomic E-state index is 0.0642. The number of methoxy groups -OCH3 is 3. The molecule has 8 nitrogen and oxygen atoms in total. The molecule has 1 aromatic heterocycles. The summed E-state index contributed by atoms with van der Waals surface area (Å²) in [5, 5.41) is 32.5. The second kappa shape index (κ2) is 10.8. The van der Waals surface area contributed by atoms with E-state index in [0.29, 0.717) is 40.5 Å². The van der Waals surface area contributed by atoms with Gasteiger partial charge in [0, 0.05) is 34.5 Å². The molecule has 0 aliphatic carbocycles. The molecule has 0 saturated carbocycles. The van der Waals surface area contributed by atoms with Crippen molar-refractivity contribution < 1.29 is 37.4 Å². The van der Waals surface area contributed by atoms with Crippen LogP contribution in [-0.4, -0.2) is 48.7 Å². The fraction of sp³-hybridized carbons (Fsp3) is 0.231. The fourth-order valence-corrected chi connectivity index (χ4v) is 4.21. The molecule has 0 saturated heterocycles. The number of hydrogen-bond donors (Lipinski definition) is 3. The smallest absolute Gasteiger partial charge is 0.489 e. The Labute approximate surface area is 217 Å². The molecular formula is C26H25BF3N3O5. The SMILES string of the molecule is COc1ccc(CNc2nnc(C)c3cc(-c4cc(B(O)O)c(C(F)(F)F)cc4OC)ccc23)c(OC)c1. The Morgan fingerprint density at radius 3 is 2.24 bits per heavy atom. The lowest BCUT2D eigenvalue weighted by Gasteiger charge is -2.18. The molecule has 0 unspecified atom stereocenters. The lowest BCUT2D eigenvalue weighted by Crippen LogP contribution is -2.36. The molecule has 0 radical (unpaired) electrons. The van der Waals surface area contributed by atoms with Crippen LogP contribution in [0.15, 0.2) is 48.5 Å². The molecule has 0 aliphatic heterocycles. The van der Waals surface area contributed by atoms with E-state index in [1.165, 1.54) is 7.11 Å². The summed E-state index contributed by atoms with van der Waals surface area (Å²) >= 11 is 0. The van der Waals surface area contributed by atoms with E-state index in [1.807, 2.05) is 12.1 Å². The number of anilines is 1. The van der Waals surface area contributed by atoms with Crippen molar-refractivity contribution in [3.05, 3.63) is 65.4 Å². The maximum atomic E-state index is 13.5. The number of halogens is 3. The van der Waals surface area contributed by atoms with Crippen LogP contribution < -0.4 is 25.0 Å². The molecule has 0 aliphatic rings. The molecule has 3 aromatic carbocycles. The molecule has 3 N–H and O–H groups in total. The van der Waals surface area contributed by atoms with Crippen LogP contribution in [0.2, 0.25) is 0 Å². The van der Waals surface area contributed by atoms with Gasteiger partial charge in [-0.1, -0.05) is 12.1 Å². The second-order valence-corrected chi connectivity index (χ2v) is 8.44. The van der Waals surface area contributed by atoms with Crippen molar-refractivity contribution in [2.75, 3.05) is 26.6 Å². The van der Waals surface area contributed by atoms with E-state index in [9.17, 15) is 23.2 Å². The van der Waals surface area contributed by atoms with Gasteiger partial charge in [-0.05, 0) is 48.3 Å². The predicted molar refractivity (Wildman–Crippen MR) is 138 cm³/mol. The number of alkyl halides is 3. The Bertz CT molecular complexity index is 1480. The van der Waals surface area contributed by atoms with Gasteiger partial charge in [0.1, 0.15) is 17.2 Å². The van der Waals surface area contributed by atoms with E-state index in [0.717, 1.165) is 23.1 Å². The summed E-state index contributed by atoms with van der Waals surface area (Å²) in [5.74, 6) is 1.74. The van der Waals surface area contributed by atoms with E-state index in [2.05, 4.69) is 15.5 Å². The highest BCUT2D eigenvalue weighted by atomic mass is 19.4. The first-order valence-electron chi connectivity index (χ1n) is 11.4. The summed E-state index contributed by atoms with van der Waals surface area (Å²) in [6, 6.07) is 12.5. The fourth-order valence-electron chi connectivity index (χ4n) is 4.21. The number of nitrogens with zero attached hydrogens (tertiary/aromatic N) is 2. The molecule has 4 rings (SSSR count). The van der Waals surface area contributed by atoms with Gasteiger partial charge in [0.05, 0.1) is 32.6 Å². The standard InChI is InChI=1S/C26H25BF3N3O5/c1-14-19-9-15(20-11-22(27(34)35)21(26(28,29)30)12-24(20)38-4)6-8-18(19)25(33-32-14)31-13-16-5-7-17(36-2)10-23(16)37-3/h5-12,34-35H,13H2,1-4H3,(H,31,33). The van der Waals surface area contributed by atoms with Crippen molar-refractivity contribution in [1.29, 1.82) is 0 Å². The highest BCUT2D eigenvalue weighted by molar-refractivity contribution is 6.59. The summed E-state index contributed by atoms with van der Waals surface area (Å²) in [6.07, 6.45) is -4.80. The minimum Gasteiger partial charge on any atom is -0.497 e. The molecule has 12 heteroatoms. The number of aromatic nitrogens is 2. The van der Waals surface area contributed by atoms with Gasteiger partial charge in [0.25, 0.3) is 0 Å². The Morgan fingerprint density at radius 1 is 0.868 bits per heavy atom. The summed E-state index contributed by atoms with van der Waals surface area (Å²) < 4.78 is 56.5.